The summed E-state index contributed by atoms with van der Waals surface area (Å²) < 4.78 is 22.2. The third kappa shape index (κ3) is 4.39. The fourth-order valence-corrected chi connectivity index (χ4v) is 1.45. The fourth-order valence-electron chi connectivity index (χ4n) is 0.747. The number of hydrogen-bond donors (Lipinski definition) is 1. The number of benzene rings is 1. The van der Waals surface area contributed by atoms with Gasteiger partial charge in [0.05, 0.1) is 0 Å². The molecule has 13 heavy (non-hydrogen) atoms. The Morgan fingerprint density at radius 2 is 1.77 bits per heavy atom. The van der Waals surface area contributed by atoms with Crippen molar-refractivity contribution >= 4 is 38.7 Å². The smallest absolute Gasteiger partial charge is 0.225 e. The lowest BCUT2D eigenvalue weighted by Crippen LogP contribution is -2.06. The van der Waals surface area contributed by atoms with Crippen LogP contribution in [0.4, 0.5) is 0 Å². The molecule has 1 aromatic carbocycles. The minimum absolute atomic E-state index is 0.814. The summed E-state index contributed by atoms with van der Waals surface area (Å²) in [6.45, 7) is 0. The molecule has 70 valence electrons. The maximum absolute atomic E-state index is 10.6. The summed E-state index contributed by atoms with van der Waals surface area (Å²) in [5.41, 5.74) is 0.814. The van der Waals surface area contributed by atoms with E-state index in [0.29, 0.717) is 0 Å². The Hall–Kier alpha value is -0.400. The Morgan fingerprint density at radius 3 is 2.23 bits per heavy atom. The van der Waals surface area contributed by atoms with E-state index in [4.69, 9.17) is 5.14 Å². The molecule has 5 heteroatoms. The third-order valence-electron chi connectivity index (χ3n) is 1.32. The number of primary sulfonamides is 1. The van der Waals surface area contributed by atoms with E-state index in [1.54, 1.807) is 0 Å². The first-order valence-electron chi connectivity index (χ1n) is 3.44. The summed E-state index contributed by atoms with van der Waals surface area (Å²) in [5.74, 6) is 0. The highest BCUT2D eigenvalue weighted by molar-refractivity contribution is 14.1. The first-order chi connectivity index (χ1) is 5.97. The molecule has 0 heterocycles. The average Bonchev–Trinajstić information content (AvgIpc) is 2.02. The molecule has 0 aliphatic heterocycles. The Labute approximate surface area is 90.8 Å². The van der Waals surface area contributed by atoms with Crippen molar-refractivity contribution in [1.29, 1.82) is 0 Å². The molecule has 2 N–H and O–H groups in total. The zero-order valence-electron chi connectivity index (χ0n) is 6.64. The van der Waals surface area contributed by atoms with Gasteiger partial charge < -0.3 is 0 Å². The van der Waals surface area contributed by atoms with Crippen LogP contribution < -0.4 is 5.14 Å². The van der Waals surface area contributed by atoms with Crippen molar-refractivity contribution in [2.24, 2.45) is 5.14 Å². The Morgan fingerprint density at radius 1 is 1.23 bits per heavy atom. The molecule has 0 spiro atoms. The summed E-state index contributed by atoms with van der Waals surface area (Å²) in [6.07, 6.45) is 1.46. The van der Waals surface area contributed by atoms with E-state index in [9.17, 15) is 8.42 Å². The summed E-state index contributed by atoms with van der Waals surface area (Å²) in [6, 6.07) is 7.43. The number of halogens is 1. The molecule has 0 unspecified atom stereocenters. The van der Waals surface area contributed by atoms with Crippen LogP contribution in [0.15, 0.2) is 29.7 Å². The molecule has 1 rings (SSSR count). The van der Waals surface area contributed by atoms with Gasteiger partial charge in [0.15, 0.2) is 0 Å². The van der Waals surface area contributed by atoms with E-state index in [-0.39, 0.29) is 0 Å². The second-order valence-electron chi connectivity index (χ2n) is 2.44. The van der Waals surface area contributed by atoms with Gasteiger partial charge in [-0.25, -0.2) is 13.6 Å². The van der Waals surface area contributed by atoms with Gasteiger partial charge in [0, 0.05) is 8.98 Å². The molecule has 0 saturated carbocycles. The summed E-state index contributed by atoms with van der Waals surface area (Å²) in [7, 11) is -3.51. The monoisotopic (exact) mass is 309 g/mol. The van der Waals surface area contributed by atoms with Crippen LogP contribution >= 0.6 is 22.6 Å². The fraction of sp³-hybridized carbons (Fsp3) is 0. The van der Waals surface area contributed by atoms with Crippen molar-refractivity contribution in [3.63, 3.8) is 0 Å². The van der Waals surface area contributed by atoms with Crippen LogP contribution in [0.1, 0.15) is 5.56 Å². The Kier molecular flexibility index (Phi) is 3.46. The lowest BCUT2D eigenvalue weighted by Gasteiger charge is -1.92. The largest absolute Gasteiger partial charge is 0.231 e. The molecule has 3 nitrogen and oxygen atoms in total. The van der Waals surface area contributed by atoms with Crippen LogP contribution in [0.2, 0.25) is 0 Å². The van der Waals surface area contributed by atoms with Crippen LogP contribution in [0.3, 0.4) is 0 Å². The van der Waals surface area contributed by atoms with Gasteiger partial charge in [0.25, 0.3) is 0 Å². The summed E-state index contributed by atoms with van der Waals surface area (Å²) in [5, 5.41) is 5.78. The average molecular weight is 309 g/mol. The molecule has 0 saturated heterocycles. The highest BCUT2D eigenvalue weighted by Gasteiger charge is 1.93. The van der Waals surface area contributed by atoms with Gasteiger partial charge in [0.2, 0.25) is 10.0 Å². The van der Waals surface area contributed by atoms with Crippen LogP contribution in [0.25, 0.3) is 6.08 Å². The van der Waals surface area contributed by atoms with E-state index in [2.05, 4.69) is 22.6 Å². The van der Waals surface area contributed by atoms with Crippen molar-refractivity contribution in [3.05, 3.63) is 38.8 Å². The molecule has 0 fully saturated rings. The lowest BCUT2D eigenvalue weighted by molar-refractivity contribution is 0.606. The molecule has 0 aromatic heterocycles. The molecule has 0 aliphatic rings. The summed E-state index contributed by atoms with van der Waals surface area (Å²) >= 11 is 2.17. The number of nitrogens with two attached hydrogens (primary N) is 1. The molecular formula is C8H8INO2S. The molecular weight excluding hydrogens is 301 g/mol. The van der Waals surface area contributed by atoms with Gasteiger partial charge in [-0.15, -0.1) is 0 Å². The molecule has 0 aliphatic carbocycles. The van der Waals surface area contributed by atoms with Gasteiger partial charge in [-0.05, 0) is 46.4 Å². The van der Waals surface area contributed by atoms with E-state index < -0.39 is 10.0 Å². The number of sulfonamides is 1. The highest BCUT2D eigenvalue weighted by atomic mass is 127. The predicted octanol–water partition coefficient (Wildman–Crippen LogP) is 1.55. The second kappa shape index (κ2) is 4.21. The Bertz CT molecular complexity index is 408. The maximum atomic E-state index is 10.6. The lowest BCUT2D eigenvalue weighted by atomic mass is 10.2. The van der Waals surface area contributed by atoms with Gasteiger partial charge >= 0.3 is 0 Å². The van der Waals surface area contributed by atoms with Gasteiger partial charge in [0.1, 0.15) is 0 Å². The number of rotatable bonds is 2. The summed E-state index contributed by atoms with van der Waals surface area (Å²) in [4.78, 5) is 0. The molecule has 0 bridgehead atoms. The van der Waals surface area contributed by atoms with Crippen LogP contribution in [-0.4, -0.2) is 8.42 Å². The van der Waals surface area contributed by atoms with Crippen LogP contribution in [0.5, 0.6) is 0 Å². The van der Waals surface area contributed by atoms with Crippen molar-refractivity contribution < 1.29 is 8.42 Å². The SMILES string of the molecule is NS(=O)(=O)/C=C/c1ccc(I)cc1. The molecule has 0 radical (unpaired) electrons. The highest BCUT2D eigenvalue weighted by Crippen LogP contribution is 2.08. The first kappa shape index (κ1) is 10.7. The zero-order chi connectivity index (χ0) is 9.90. The van der Waals surface area contributed by atoms with Gasteiger partial charge in [-0.1, -0.05) is 12.1 Å². The van der Waals surface area contributed by atoms with Crippen molar-refractivity contribution in [1.82, 2.24) is 0 Å². The molecule has 1 aromatic rings. The minimum Gasteiger partial charge on any atom is -0.225 e. The van der Waals surface area contributed by atoms with Crippen molar-refractivity contribution in [2.45, 2.75) is 0 Å². The van der Waals surface area contributed by atoms with Gasteiger partial charge in [-0.3, -0.25) is 0 Å². The second-order valence-corrected chi connectivity index (χ2v) is 5.14. The zero-order valence-corrected chi connectivity index (χ0v) is 9.62. The van der Waals surface area contributed by atoms with E-state index in [1.165, 1.54) is 6.08 Å². The maximum Gasteiger partial charge on any atom is 0.231 e. The quantitative estimate of drug-likeness (QED) is 0.843. The topological polar surface area (TPSA) is 60.2 Å². The first-order valence-corrected chi connectivity index (χ1v) is 6.13. The molecule has 0 amide bonds. The van der Waals surface area contributed by atoms with Crippen molar-refractivity contribution in [2.75, 3.05) is 0 Å². The minimum atomic E-state index is -3.51. The van der Waals surface area contributed by atoms with E-state index >= 15 is 0 Å². The van der Waals surface area contributed by atoms with Crippen LogP contribution in [0, 0.1) is 3.57 Å². The van der Waals surface area contributed by atoms with Crippen LogP contribution in [-0.2, 0) is 10.0 Å². The van der Waals surface area contributed by atoms with E-state index in [1.807, 2.05) is 24.3 Å². The third-order valence-corrected chi connectivity index (χ3v) is 2.55. The van der Waals surface area contributed by atoms with Gasteiger partial charge in [-0.2, -0.15) is 0 Å². The number of hydrogen-bond acceptors (Lipinski definition) is 2. The van der Waals surface area contributed by atoms with Crippen molar-refractivity contribution in [3.8, 4) is 0 Å². The Balaban J connectivity index is 2.88. The van der Waals surface area contributed by atoms with E-state index in [0.717, 1.165) is 14.5 Å². The molecule has 0 atom stereocenters. The normalized spacial score (nSPS) is 12.2. The standard InChI is InChI=1S/C8H8INO2S/c9-8-3-1-7(2-4-8)5-6-13(10,11)12/h1-6H,(H2,10,11,12)/b6-5+. The predicted molar refractivity (Wildman–Crippen MR) is 61.3 cm³/mol.